The summed E-state index contributed by atoms with van der Waals surface area (Å²) in [6.07, 6.45) is 3.58. The highest BCUT2D eigenvalue weighted by Gasteiger charge is 2.12. The molecule has 0 N–H and O–H groups in total. The van der Waals surface area contributed by atoms with Crippen molar-refractivity contribution in [3.8, 4) is 11.5 Å². The number of benzene rings is 4. The third-order valence-corrected chi connectivity index (χ3v) is 5.94. The zero-order valence-electron chi connectivity index (χ0n) is 19.2. The summed E-state index contributed by atoms with van der Waals surface area (Å²) in [6, 6.07) is 30.9. The smallest absolute Gasteiger partial charge is 0.147 e. The summed E-state index contributed by atoms with van der Waals surface area (Å²) in [5.41, 5.74) is 3.26. The molecular weight excluding hydrogens is 420 g/mol. The Bertz CT molecular complexity index is 1420. The van der Waals surface area contributed by atoms with Gasteiger partial charge in [-0.25, -0.2) is 4.98 Å². The Morgan fingerprint density at radius 2 is 1.62 bits per heavy atom. The maximum Gasteiger partial charge on any atom is 0.147 e. The van der Waals surface area contributed by atoms with Crippen molar-refractivity contribution in [3.05, 3.63) is 115 Å². The highest BCUT2D eigenvalue weighted by Crippen LogP contribution is 2.23. The molecule has 4 nitrogen and oxygen atoms in total. The molecule has 0 saturated carbocycles. The Balaban J connectivity index is 1.28. The van der Waals surface area contributed by atoms with E-state index in [1.165, 1.54) is 10.8 Å². The van der Waals surface area contributed by atoms with Gasteiger partial charge in [0.1, 0.15) is 23.9 Å². The third-order valence-electron chi connectivity index (χ3n) is 5.94. The lowest BCUT2D eigenvalue weighted by atomic mass is 10.1. The fraction of sp³-hybridized carbons (Fsp3) is 0.167. The number of aromatic nitrogens is 2. The first-order valence-electron chi connectivity index (χ1n) is 11.7. The van der Waals surface area contributed by atoms with E-state index in [1.807, 2.05) is 54.6 Å². The molecule has 0 bridgehead atoms. The quantitative estimate of drug-likeness (QED) is 0.171. The first-order chi connectivity index (χ1) is 16.8. The number of nitrogens with zero attached hydrogens (tertiary/aromatic N) is 2. The van der Waals surface area contributed by atoms with E-state index < -0.39 is 0 Å². The Kier molecular flexibility index (Phi) is 6.57. The topological polar surface area (TPSA) is 36.3 Å². The number of allylic oxidation sites excluding steroid dienone is 1. The predicted octanol–water partition coefficient (Wildman–Crippen LogP) is 6.97. The van der Waals surface area contributed by atoms with Crippen molar-refractivity contribution >= 4 is 21.8 Å². The molecule has 0 radical (unpaired) electrons. The van der Waals surface area contributed by atoms with Gasteiger partial charge in [0.2, 0.25) is 0 Å². The lowest BCUT2D eigenvalue weighted by molar-refractivity contribution is 0.280. The second-order valence-corrected chi connectivity index (χ2v) is 8.27. The van der Waals surface area contributed by atoms with Gasteiger partial charge >= 0.3 is 0 Å². The fourth-order valence-electron chi connectivity index (χ4n) is 4.26. The molecule has 0 fully saturated rings. The van der Waals surface area contributed by atoms with Crippen LogP contribution in [-0.4, -0.2) is 16.2 Å². The summed E-state index contributed by atoms with van der Waals surface area (Å²) in [5.74, 6) is 2.69. The Hall–Kier alpha value is -4.05. The molecule has 0 aliphatic carbocycles. The summed E-state index contributed by atoms with van der Waals surface area (Å²) >= 11 is 0. The van der Waals surface area contributed by atoms with Gasteiger partial charge in [-0.05, 0) is 59.5 Å². The van der Waals surface area contributed by atoms with E-state index >= 15 is 0 Å². The second kappa shape index (κ2) is 10.3. The standard InChI is InChI=1S/C30H28N2O2/c1-2-10-24-12-5-8-16-29(24)33-20-9-19-32-28-15-7-6-14-27(28)31-30(32)22-34-26-18-17-23-11-3-4-13-25(23)21-26/h2-8,11-18,21H,1,9-10,19-20,22H2. The van der Waals surface area contributed by atoms with E-state index in [2.05, 4.69) is 53.6 Å². The summed E-state index contributed by atoms with van der Waals surface area (Å²) in [6.45, 7) is 5.69. The molecule has 4 aromatic carbocycles. The average molecular weight is 449 g/mol. The van der Waals surface area contributed by atoms with Crippen molar-refractivity contribution in [1.29, 1.82) is 0 Å². The largest absolute Gasteiger partial charge is 0.493 e. The van der Waals surface area contributed by atoms with Gasteiger partial charge in [-0.1, -0.05) is 66.7 Å². The van der Waals surface area contributed by atoms with Gasteiger partial charge in [0.05, 0.1) is 17.6 Å². The normalized spacial score (nSPS) is 11.1. The molecule has 34 heavy (non-hydrogen) atoms. The van der Waals surface area contributed by atoms with Gasteiger partial charge in [0.15, 0.2) is 0 Å². The number of rotatable bonds is 10. The van der Waals surface area contributed by atoms with Gasteiger partial charge in [-0.2, -0.15) is 0 Å². The number of ether oxygens (including phenoxy) is 2. The molecule has 0 saturated heterocycles. The average Bonchev–Trinajstić information content (AvgIpc) is 3.23. The summed E-state index contributed by atoms with van der Waals surface area (Å²) in [4.78, 5) is 4.85. The highest BCUT2D eigenvalue weighted by molar-refractivity contribution is 5.83. The predicted molar refractivity (Wildman–Crippen MR) is 138 cm³/mol. The zero-order valence-corrected chi connectivity index (χ0v) is 19.2. The Labute approximate surface area is 200 Å². The number of para-hydroxylation sites is 3. The van der Waals surface area contributed by atoms with Crippen LogP contribution >= 0.6 is 0 Å². The molecule has 5 rings (SSSR count). The van der Waals surface area contributed by atoms with E-state index in [0.717, 1.165) is 53.3 Å². The number of aryl methyl sites for hydroxylation is 1. The van der Waals surface area contributed by atoms with Crippen LogP contribution in [0.15, 0.2) is 104 Å². The fourth-order valence-corrected chi connectivity index (χ4v) is 4.26. The van der Waals surface area contributed by atoms with E-state index in [-0.39, 0.29) is 0 Å². The van der Waals surface area contributed by atoms with E-state index in [9.17, 15) is 0 Å². The van der Waals surface area contributed by atoms with Crippen molar-refractivity contribution in [2.24, 2.45) is 0 Å². The summed E-state index contributed by atoms with van der Waals surface area (Å²) in [7, 11) is 0. The van der Waals surface area contributed by atoms with Crippen LogP contribution in [-0.2, 0) is 19.6 Å². The van der Waals surface area contributed by atoms with Crippen LogP contribution in [0.1, 0.15) is 17.8 Å². The van der Waals surface area contributed by atoms with E-state index in [1.54, 1.807) is 0 Å². The Morgan fingerprint density at radius 3 is 2.53 bits per heavy atom. The molecule has 0 amide bonds. The maximum absolute atomic E-state index is 6.16. The minimum absolute atomic E-state index is 0.413. The first-order valence-corrected chi connectivity index (χ1v) is 11.7. The van der Waals surface area contributed by atoms with E-state index in [4.69, 9.17) is 14.5 Å². The second-order valence-electron chi connectivity index (χ2n) is 8.27. The molecule has 0 spiro atoms. The molecule has 1 aromatic heterocycles. The van der Waals surface area contributed by atoms with Crippen LogP contribution in [0.25, 0.3) is 21.8 Å². The first kappa shape index (κ1) is 21.8. The highest BCUT2D eigenvalue weighted by atomic mass is 16.5. The molecule has 0 aliphatic heterocycles. The minimum Gasteiger partial charge on any atom is -0.493 e. The van der Waals surface area contributed by atoms with E-state index in [0.29, 0.717) is 13.2 Å². The minimum atomic E-state index is 0.413. The van der Waals surface area contributed by atoms with Crippen molar-refractivity contribution in [1.82, 2.24) is 9.55 Å². The molecule has 5 aromatic rings. The molecule has 0 atom stereocenters. The van der Waals surface area contributed by atoms with Crippen LogP contribution in [0, 0.1) is 0 Å². The number of hydrogen-bond donors (Lipinski definition) is 0. The van der Waals surface area contributed by atoms with Crippen LogP contribution in [0.3, 0.4) is 0 Å². The van der Waals surface area contributed by atoms with Crippen LogP contribution < -0.4 is 9.47 Å². The monoisotopic (exact) mass is 448 g/mol. The van der Waals surface area contributed by atoms with Crippen molar-refractivity contribution in [2.75, 3.05) is 6.61 Å². The van der Waals surface area contributed by atoms with Gasteiger partial charge < -0.3 is 14.0 Å². The van der Waals surface area contributed by atoms with Gasteiger partial charge in [-0.15, -0.1) is 6.58 Å². The van der Waals surface area contributed by atoms with Gasteiger partial charge in [-0.3, -0.25) is 0 Å². The van der Waals surface area contributed by atoms with Crippen LogP contribution in [0.2, 0.25) is 0 Å². The molecule has 0 unspecified atom stereocenters. The molecular formula is C30H28N2O2. The van der Waals surface area contributed by atoms with Gasteiger partial charge in [0, 0.05) is 6.54 Å². The third kappa shape index (κ3) is 4.81. The molecule has 170 valence electrons. The maximum atomic E-state index is 6.16. The lowest BCUT2D eigenvalue weighted by Crippen LogP contribution is -2.10. The van der Waals surface area contributed by atoms with Crippen LogP contribution in [0.4, 0.5) is 0 Å². The Morgan fingerprint density at radius 1 is 0.824 bits per heavy atom. The van der Waals surface area contributed by atoms with Crippen molar-refractivity contribution in [2.45, 2.75) is 26.0 Å². The number of fused-ring (bicyclic) bond motifs is 2. The SMILES string of the molecule is C=CCc1ccccc1OCCCn1c(COc2ccc3ccccc3c2)nc2ccccc21. The summed E-state index contributed by atoms with van der Waals surface area (Å²) < 4.78 is 14.5. The summed E-state index contributed by atoms with van der Waals surface area (Å²) in [5, 5.41) is 2.37. The molecule has 0 aliphatic rings. The zero-order chi connectivity index (χ0) is 23.2. The molecule has 1 heterocycles. The lowest BCUT2D eigenvalue weighted by Gasteiger charge is -2.13. The molecule has 4 heteroatoms. The van der Waals surface area contributed by atoms with Crippen LogP contribution in [0.5, 0.6) is 11.5 Å². The van der Waals surface area contributed by atoms with Crippen molar-refractivity contribution in [3.63, 3.8) is 0 Å². The number of imidazole rings is 1. The van der Waals surface area contributed by atoms with Crippen molar-refractivity contribution < 1.29 is 9.47 Å². The van der Waals surface area contributed by atoms with Gasteiger partial charge in [0.25, 0.3) is 0 Å². The number of hydrogen-bond acceptors (Lipinski definition) is 3.